The van der Waals surface area contributed by atoms with Gasteiger partial charge in [0.15, 0.2) is 11.4 Å². The average Bonchev–Trinajstić information content (AvgIpc) is 3.73. The molecule has 0 saturated carbocycles. The molecule has 0 saturated heterocycles. The van der Waals surface area contributed by atoms with Gasteiger partial charge in [-0.25, -0.2) is 22.2 Å². The molecular formula is C37H28F2N4O6S. The summed E-state index contributed by atoms with van der Waals surface area (Å²) in [6, 6.07) is 21.5. The van der Waals surface area contributed by atoms with Gasteiger partial charge in [-0.3, -0.25) is 14.1 Å². The molecule has 0 aliphatic rings. The summed E-state index contributed by atoms with van der Waals surface area (Å²) in [6.45, 7) is 0. The molecule has 0 unspecified atom stereocenters. The van der Waals surface area contributed by atoms with Crippen LogP contribution in [0.4, 0.5) is 20.2 Å². The van der Waals surface area contributed by atoms with Crippen LogP contribution in [-0.2, 0) is 10.0 Å². The number of aromatic nitrogens is 2. The number of anilines is 2. The maximum atomic E-state index is 14.6. The number of oxazole rings is 1. The molecule has 13 heteroatoms. The Kier molecular flexibility index (Phi) is 8.07. The van der Waals surface area contributed by atoms with Crippen LogP contribution in [0.15, 0.2) is 106 Å². The van der Waals surface area contributed by atoms with E-state index in [2.05, 4.69) is 9.97 Å². The fraction of sp³-hybridized carbons (Fsp3) is 0.108. The predicted molar refractivity (Wildman–Crippen MR) is 187 cm³/mol. The standard InChI is InChI=1S/C37H28F2N4O6S/c1-42(24-14-16-40-17-15-24)37(44)33-26-19-25(22-10-13-30(47-3)27(18-22)36-41-34-28(39)6-5-7-31(34)49-36)29(43(2)50(4,45)46)20-32(26)48-35(33)21-8-11-23(38)12-9-21/h5-20H,1-4H3. The molecule has 0 bridgehead atoms. The molecule has 252 valence electrons. The zero-order valence-electron chi connectivity index (χ0n) is 27.1. The summed E-state index contributed by atoms with van der Waals surface area (Å²) in [7, 11) is 0.674. The van der Waals surface area contributed by atoms with Crippen molar-refractivity contribution in [2.45, 2.75) is 0 Å². The Morgan fingerprint density at radius 3 is 2.24 bits per heavy atom. The molecule has 0 atom stereocenters. The van der Waals surface area contributed by atoms with Gasteiger partial charge in [0.2, 0.25) is 15.9 Å². The van der Waals surface area contributed by atoms with Gasteiger partial charge in [0.25, 0.3) is 5.91 Å². The van der Waals surface area contributed by atoms with Crippen LogP contribution in [0.5, 0.6) is 5.75 Å². The topological polar surface area (TPSA) is 119 Å². The van der Waals surface area contributed by atoms with Crippen molar-refractivity contribution >= 4 is 49.4 Å². The number of halogens is 2. The van der Waals surface area contributed by atoms with Crippen LogP contribution >= 0.6 is 0 Å². The molecule has 0 N–H and O–H groups in total. The summed E-state index contributed by atoms with van der Waals surface area (Å²) in [6.07, 6.45) is 4.19. The highest BCUT2D eigenvalue weighted by molar-refractivity contribution is 7.92. The van der Waals surface area contributed by atoms with Gasteiger partial charge in [-0.1, -0.05) is 12.1 Å². The van der Waals surface area contributed by atoms with E-state index in [9.17, 15) is 22.0 Å². The fourth-order valence-corrected chi connectivity index (χ4v) is 6.25. The Morgan fingerprint density at radius 1 is 0.840 bits per heavy atom. The number of furan rings is 1. The minimum absolute atomic E-state index is 0.0436. The lowest BCUT2D eigenvalue weighted by molar-refractivity contribution is 0.0994. The fourth-order valence-electron chi connectivity index (χ4n) is 5.74. The Morgan fingerprint density at radius 2 is 1.56 bits per heavy atom. The van der Waals surface area contributed by atoms with Crippen molar-refractivity contribution in [3.8, 4) is 39.7 Å². The van der Waals surface area contributed by atoms with Gasteiger partial charge in [-0.05, 0) is 72.3 Å². The first-order valence-corrected chi connectivity index (χ1v) is 17.0. The second-order valence-corrected chi connectivity index (χ2v) is 13.5. The Bertz CT molecular complexity index is 2530. The van der Waals surface area contributed by atoms with Gasteiger partial charge in [0.1, 0.15) is 28.4 Å². The summed E-state index contributed by atoms with van der Waals surface area (Å²) in [5, 5.41) is 0.372. The van der Waals surface area contributed by atoms with Gasteiger partial charge in [0.05, 0.1) is 30.2 Å². The number of hydrogen-bond acceptors (Lipinski definition) is 8. The zero-order chi connectivity index (χ0) is 35.3. The number of para-hydroxylation sites is 1. The van der Waals surface area contributed by atoms with Crippen LogP contribution in [0.1, 0.15) is 10.4 Å². The minimum atomic E-state index is -3.81. The van der Waals surface area contributed by atoms with E-state index in [0.717, 1.165) is 10.6 Å². The summed E-state index contributed by atoms with van der Waals surface area (Å²) < 4.78 is 73.4. The van der Waals surface area contributed by atoms with Crippen molar-refractivity contribution in [2.75, 3.05) is 36.7 Å². The van der Waals surface area contributed by atoms with Gasteiger partial charge < -0.3 is 18.5 Å². The van der Waals surface area contributed by atoms with Gasteiger partial charge in [-0.2, -0.15) is 0 Å². The van der Waals surface area contributed by atoms with E-state index in [1.165, 1.54) is 55.5 Å². The lowest BCUT2D eigenvalue weighted by Gasteiger charge is -2.21. The van der Waals surface area contributed by atoms with Crippen LogP contribution in [0, 0.1) is 11.6 Å². The second-order valence-electron chi connectivity index (χ2n) is 11.5. The molecule has 0 fully saturated rings. The van der Waals surface area contributed by atoms with Gasteiger partial charge >= 0.3 is 0 Å². The van der Waals surface area contributed by atoms with Crippen molar-refractivity contribution in [3.05, 3.63) is 115 Å². The van der Waals surface area contributed by atoms with E-state index in [0.29, 0.717) is 39.1 Å². The first-order chi connectivity index (χ1) is 23.9. The van der Waals surface area contributed by atoms with Crippen LogP contribution in [0.3, 0.4) is 0 Å². The number of carbonyl (C=O) groups is 1. The summed E-state index contributed by atoms with van der Waals surface area (Å²) in [4.78, 5) is 24.2. The minimum Gasteiger partial charge on any atom is -0.496 e. The molecule has 0 spiro atoms. The monoisotopic (exact) mass is 694 g/mol. The Balaban J connectivity index is 1.50. The largest absolute Gasteiger partial charge is 0.496 e. The Hall–Kier alpha value is -6.08. The number of amides is 1. The third-order valence-electron chi connectivity index (χ3n) is 8.43. The lowest BCUT2D eigenvalue weighted by Crippen LogP contribution is -2.26. The zero-order valence-corrected chi connectivity index (χ0v) is 28.0. The van der Waals surface area contributed by atoms with Crippen molar-refractivity contribution in [2.24, 2.45) is 0 Å². The number of nitrogens with zero attached hydrogens (tertiary/aromatic N) is 4. The maximum Gasteiger partial charge on any atom is 0.262 e. The number of fused-ring (bicyclic) bond motifs is 2. The molecule has 4 aromatic carbocycles. The molecule has 3 heterocycles. The highest BCUT2D eigenvalue weighted by Gasteiger charge is 2.29. The summed E-state index contributed by atoms with van der Waals surface area (Å²) in [5.74, 6) is -0.839. The number of sulfonamides is 1. The second kappa shape index (κ2) is 12.4. The number of ether oxygens (including phenoxy) is 1. The molecule has 1 amide bonds. The third kappa shape index (κ3) is 5.71. The molecule has 7 aromatic rings. The van der Waals surface area contributed by atoms with E-state index < -0.39 is 27.6 Å². The summed E-state index contributed by atoms with van der Waals surface area (Å²) in [5.41, 5.74) is 3.18. The van der Waals surface area contributed by atoms with Crippen molar-refractivity contribution in [1.29, 1.82) is 0 Å². The predicted octanol–water partition coefficient (Wildman–Crippen LogP) is 7.93. The average molecular weight is 695 g/mol. The normalized spacial score (nSPS) is 11.6. The van der Waals surface area contributed by atoms with E-state index in [1.807, 2.05) is 0 Å². The molecule has 0 aliphatic carbocycles. The van der Waals surface area contributed by atoms with Gasteiger partial charge in [0, 0.05) is 54.8 Å². The lowest BCUT2D eigenvalue weighted by atomic mass is 9.96. The van der Waals surface area contributed by atoms with E-state index >= 15 is 0 Å². The Labute approximate surface area is 285 Å². The number of pyridine rings is 1. The van der Waals surface area contributed by atoms with Crippen LogP contribution in [0.2, 0.25) is 0 Å². The highest BCUT2D eigenvalue weighted by atomic mass is 32.2. The van der Waals surface area contributed by atoms with E-state index in [-0.39, 0.29) is 39.6 Å². The molecule has 0 radical (unpaired) electrons. The molecule has 3 aromatic heterocycles. The molecule has 7 rings (SSSR count). The smallest absolute Gasteiger partial charge is 0.262 e. The number of carbonyl (C=O) groups excluding carboxylic acids is 1. The molecular weight excluding hydrogens is 666 g/mol. The number of benzene rings is 4. The quantitative estimate of drug-likeness (QED) is 0.157. The molecule has 10 nitrogen and oxygen atoms in total. The number of rotatable bonds is 8. The third-order valence-corrected chi connectivity index (χ3v) is 9.62. The number of methoxy groups -OCH3 is 1. The SMILES string of the molecule is COc1ccc(-c2cc3c(C(=O)N(C)c4ccncc4)c(-c4ccc(F)cc4)oc3cc2N(C)S(C)(=O)=O)cc1-c1nc2c(F)cccc2o1. The first-order valence-electron chi connectivity index (χ1n) is 15.2. The van der Waals surface area contributed by atoms with E-state index in [1.54, 1.807) is 68.0 Å². The first kappa shape index (κ1) is 32.5. The molecule has 50 heavy (non-hydrogen) atoms. The maximum absolute atomic E-state index is 14.6. The van der Waals surface area contributed by atoms with E-state index in [4.69, 9.17) is 13.6 Å². The highest BCUT2D eigenvalue weighted by Crippen LogP contribution is 2.44. The number of hydrogen-bond donors (Lipinski definition) is 0. The van der Waals surface area contributed by atoms with Crippen LogP contribution < -0.4 is 13.9 Å². The molecule has 0 aliphatic heterocycles. The van der Waals surface area contributed by atoms with Crippen LogP contribution in [0.25, 0.3) is 56.0 Å². The van der Waals surface area contributed by atoms with Crippen LogP contribution in [-0.4, -0.2) is 51.8 Å². The van der Waals surface area contributed by atoms with Crippen molar-refractivity contribution < 1.29 is 35.6 Å². The summed E-state index contributed by atoms with van der Waals surface area (Å²) >= 11 is 0. The van der Waals surface area contributed by atoms with Gasteiger partial charge in [-0.15, -0.1) is 0 Å². The van der Waals surface area contributed by atoms with Crippen molar-refractivity contribution in [1.82, 2.24) is 9.97 Å². The van der Waals surface area contributed by atoms with Crippen molar-refractivity contribution in [3.63, 3.8) is 0 Å².